The molecule has 1 saturated heterocycles. The lowest BCUT2D eigenvalue weighted by Gasteiger charge is -2.26. The SMILES string of the molecule is COc1ccc(S(=O)(=O)N2CCOCC2)cc1NC(=O)CCc1c(C)nc(C)[nH]c1=O. The molecule has 0 aliphatic carbocycles. The van der Waals surface area contributed by atoms with E-state index in [0.717, 1.165) is 0 Å². The summed E-state index contributed by atoms with van der Waals surface area (Å²) in [4.78, 5) is 31.5. The summed E-state index contributed by atoms with van der Waals surface area (Å²) >= 11 is 0. The van der Waals surface area contributed by atoms with E-state index < -0.39 is 10.0 Å². The van der Waals surface area contributed by atoms with Crippen LogP contribution in [0.3, 0.4) is 0 Å². The molecule has 1 aromatic heterocycles. The Hall–Kier alpha value is -2.76. The van der Waals surface area contributed by atoms with Gasteiger partial charge in [-0.05, 0) is 38.5 Å². The number of anilines is 1. The fourth-order valence-electron chi connectivity index (χ4n) is 3.38. The number of morpholine rings is 1. The molecule has 0 unspecified atom stereocenters. The van der Waals surface area contributed by atoms with Gasteiger partial charge in [0.2, 0.25) is 15.9 Å². The van der Waals surface area contributed by atoms with Gasteiger partial charge in [-0.2, -0.15) is 4.31 Å². The van der Waals surface area contributed by atoms with Crippen LogP contribution >= 0.6 is 0 Å². The average molecular weight is 451 g/mol. The minimum Gasteiger partial charge on any atom is -0.495 e. The van der Waals surface area contributed by atoms with Crippen LogP contribution < -0.4 is 15.6 Å². The molecule has 0 radical (unpaired) electrons. The smallest absolute Gasteiger partial charge is 0.254 e. The lowest BCUT2D eigenvalue weighted by Crippen LogP contribution is -2.40. The summed E-state index contributed by atoms with van der Waals surface area (Å²) in [5.41, 5.74) is 0.991. The number of nitrogens with zero attached hydrogens (tertiary/aromatic N) is 2. The Bertz CT molecular complexity index is 1120. The Kier molecular flexibility index (Phi) is 7.08. The molecule has 0 spiro atoms. The zero-order valence-electron chi connectivity index (χ0n) is 17.7. The van der Waals surface area contributed by atoms with Crippen molar-refractivity contribution in [2.45, 2.75) is 31.6 Å². The first-order valence-corrected chi connectivity index (χ1v) is 11.3. The topological polar surface area (TPSA) is 131 Å². The number of amides is 1. The summed E-state index contributed by atoms with van der Waals surface area (Å²) in [6.07, 6.45) is 0.229. The lowest BCUT2D eigenvalue weighted by atomic mass is 10.1. The van der Waals surface area contributed by atoms with Crippen molar-refractivity contribution in [1.82, 2.24) is 14.3 Å². The normalized spacial score (nSPS) is 14.9. The first kappa shape index (κ1) is 22.9. The molecule has 1 amide bonds. The van der Waals surface area contributed by atoms with E-state index >= 15 is 0 Å². The molecule has 1 aliphatic rings. The molecule has 2 N–H and O–H groups in total. The third-order valence-corrected chi connectivity index (χ3v) is 6.89. The van der Waals surface area contributed by atoms with E-state index in [0.29, 0.717) is 36.0 Å². The molecule has 10 nitrogen and oxygen atoms in total. The number of sulfonamides is 1. The van der Waals surface area contributed by atoms with E-state index in [1.807, 2.05) is 0 Å². The van der Waals surface area contributed by atoms with Gasteiger partial charge in [0.15, 0.2) is 0 Å². The maximum Gasteiger partial charge on any atom is 0.254 e. The van der Waals surface area contributed by atoms with Crippen molar-refractivity contribution in [3.05, 3.63) is 45.6 Å². The standard InChI is InChI=1S/C20H26N4O6S/c1-13-16(20(26)22-14(2)21-13)5-7-19(25)23-17-12-15(4-6-18(17)29-3)31(27,28)24-8-10-30-11-9-24/h4,6,12H,5,7-11H2,1-3H3,(H,23,25)(H,21,22,26). The third kappa shape index (κ3) is 5.30. The third-order valence-electron chi connectivity index (χ3n) is 5.00. The number of aromatic nitrogens is 2. The Morgan fingerprint density at radius 2 is 2.00 bits per heavy atom. The number of carbonyl (C=O) groups excluding carboxylic acids is 1. The molecule has 1 aliphatic heterocycles. The summed E-state index contributed by atoms with van der Waals surface area (Å²) < 4.78 is 37.7. The van der Waals surface area contributed by atoms with Crippen LogP contribution in [0.4, 0.5) is 5.69 Å². The predicted octanol–water partition coefficient (Wildman–Crippen LogP) is 0.988. The van der Waals surface area contributed by atoms with Crippen molar-refractivity contribution in [3.63, 3.8) is 0 Å². The van der Waals surface area contributed by atoms with Gasteiger partial charge in [0.05, 0.1) is 30.9 Å². The van der Waals surface area contributed by atoms with Crippen LogP contribution in [0.1, 0.15) is 23.5 Å². The molecular weight excluding hydrogens is 424 g/mol. The molecule has 0 atom stereocenters. The second-order valence-electron chi connectivity index (χ2n) is 7.14. The minimum absolute atomic E-state index is 0.0260. The summed E-state index contributed by atoms with van der Waals surface area (Å²) in [5.74, 6) is 0.470. The van der Waals surface area contributed by atoms with Gasteiger partial charge in [0.25, 0.3) is 5.56 Å². The maximum absolute atomic E-state index is 12.9. The minimum atomic E-state index is -3.72. The monoisotopic (exact) mass is 450 g/mol. The molecule has 31 heavy (non-hydrogen) atoms. The molecule has 2 aromatic rings. The van der Waals surface area contributed by atoms with Crippen LogP contribution in [0.15, 0.2) is 27.9 Å². The second-order valence-corrected chi connectivity index (χ2v) is 9.08. The first-order valence-electron chi connectivity index (χ1n) is 9.84. The summed E-state index contributed by atoms with van der Waals surface area (Å²) in [7, 11) is -2.29. The first-order chi connectivity index (χ1) is 14.7. The van der Waals surface area contributed by atoms with Crippen LogP contribution in [0.2, 0.25) is 0 Å². The molecule has 3 rings (SSSR count). The van der Waals surface area contributed by atoms with E-state index in [2.05, 4.69) is 15.3 Å². The largest absolute Gasteiger partial charge is 0.495 e. The van der Waals surface area contributed by atoms with Crippen molar-refractivity contribution < 1.29 is 22.7 Å². The molecule has 11 heteroatoms. The van der Waals surface area contributed by atoms with Crippen molar-refractivity contribution in [2.75, 3.05) is 38.7 Å². The fourth-order valence-corrected chi connectivity index (χ4v) is 4.81. The Morgan fingerprint density at radius 3 is 2.65 bits per heavy atom. The van der Waals surface area contributed by atoms with Gasteiger partial charge < -0.3 is 19.8 Å². The molecule has 2 heterocycles. The average Bonchev–Trinajstić information content (AvgIpc) is 2.73. The Balaban J connectivity index is 1.76. The number of ether oxygens (including phenoxy) is 2. The van der Waals surface area contributed by atoms with Crippen LogP contribution in [0.25, 0.3) is 0 Å². The summed E-state index contributed by atoms with van der Waals surface area (Å²) in [5, 5.41) is 2.69. The van der Waals surface area contributed by atoms with Crippen LogP contribution in [-0.4, -0.2) is 62.0 Å². The number of carbonyl (C=O) groups is 1. The molecule has 0 saturated carbocycles. The highest BCUT2D eigenvalue weighted by atomic mass is 32.2. The fraction of sp³-hybridized carbons (Fsp3) is 0.450. The number of aromatic amines is 1. The second kappa shape index (κ2) is 9.58. The zero-order chi connectivity index (χ0) is 22.6. The van der Waals surface area contributed by atoms with E-state index in [-0.39, 0.29) is 48.0 Å². The highest BCUT2D eigenvalue weighted by Gasteiger charge is 2.27. The number of nitrogens with one attached hydrogen (secondary N) is 2. The van der Waals surface area contributed by atoms with E-state index in [9.17, 15) is 18.0 Å². The van der Waals surface area contributed by atoms with Gasteiger partial charge in [0, 0.05) is 30.8 Å². The summed E-state index contributed by atoms with van der Waals surface area (Å²) in [6.45, 7) is 4.63. The van der Waals surface area contributed by atoms with E-state index in [1.165, 1.54) is 29.6 Å². The van der Waals surface area contributed by atoms with Crippen molar-refractivity contribution in [1.29, 1.82) is 0 Å². The van der Waals surface area contributed by atoms with Crippen molar-refractivity contribution >= 4 is 21.6 Å². The van der Waals surface area contributed by atoms with Crippen molar-refractivity contribution in [3.8, 4) is 5.75 Å². The number of H-pyrrole nitrogens is 1. The molecule has 1 aromatic carbocycles. The lowest BCUT2D eigenvalue weighted by molar-refractivity contribution is -0.116. The molecule has 1 fully saturated rings. The van der Waals surface area contributed by atoms with Crippen LogP contribution in [0.5, 0.6) is 5.75 Å². The molecular formula is C20H26N4O6S. The Morgan fingerprint density at radius 1 is 1.29 bits per heavy atom. The van der Waals surface area contributed by atoms with Gasteiger partial charge in [-0.1, -0.05) is 0 Å². The van der Waals surface area contributed by atoms with Gasteiger partial charge in [-0.15, -0.1) is 0 Å². The van der Waals surface area contributed by atoms with E-state index in [4.69, 9.17) is 9.47 Å². The van der Waals surface area contributed by atoms with Crippen molar-refractivity contribution in [2.24, 2.45) is 0 Å². The number of rotatable bonds is 7. The molecule has 168 valence electrons. The number of hydrogen-bond acceptors (Lipinski definition) is 7. The maximum atomic E-state index is 12.9. The zero-order valence-corrected chi connectivity index (χ0v) is 18.5. The number of hydrogen-bond donors (Lipinski definition) is 2. The van der Waals surface area contributed by atoms with Gasteiger partial charge in [-0.25, -0.2) is 13.4 Å². The highest BCUT2D eigenvalue weighted by Crippen LogP contribution is 2.29. The van der Waals surface area contributed by atoms with Crippen LogP contribution in [-0.2, 0) is 26.0 Å². The number of methoxy groups -OCH3 is 1. The van der Waals surface area contributed by atoms with Crippen LogP contribution in [0, 0.1) is 13.8 Å². The quantitative estimate of drug-likeness (QED) is 0.643. The highest BCUT2D eigenvalue weighted by molar-refractivity contribution is 7.89. The Labute approximate surface area is 180 Å². The van der Waals surface area contributed by atoms with Gasteiger partial charge >= 0.3 is 0 Å². The summed E-state index contributed by atoms with van der Waals surface area (Å²) in [6, 6.07) is 4.33. The van der Waals surface area contributed by atoms with E-state index in [1.54, 1.807) is 13.8 Å². The molecule has 0 bridgehead atoms. The number of benzene rings is 1. The van der Waals surface area contributed by atoms with Gasteiger partial charge in [0.1, 0.15) is 11.6 Å². The van der Waals surface area contributed by atoms with Gasteiger partial charge in [-0.3, -0.25) is 9.59 Å². The number of aryl methyl sites for hydroxylation is 2. The predicted molar refractivity (Wildman–Crippen MR) is 114 cm³/mol.